The molecule has 0 aliphatic carbocycles. The number of halogens is 1. The lowest BCUT2D eigenvalue weighted by Crippen LogP contribution is -1.95. The highest BCUT2D eigenvalue weighted by molar-refractivity contribution is 6.31. The average molecular weight is 251 g/mol. The lowest BCUT2D eigenvalue weighted by molar-refractivity contribution is 0.304. The summed E-state index contributed by atoms with van der Waals surface area (Å²) in [5.74, 6) is 0.838. The summed E-state index contributed by atoms with van der Waals surface area (Å²) >= 11 is 5.94. The standard InChI is InChI=1S/C13H11ClO3/c14-13-7-11(16)5-4-9(13)8-17-12-3-1-2-10(15)6-12/h1-7,15-16H,8H2. The van der Waals surface area contributed by atoms with Crippen molar-refractivity contribution >= 4 is 11.6 Å². The van der Waals surface area contributed by atoms with Gasteiger partial charge in [-0.05, 0) is 24.3 Å². The maximum atomic E-state index is 9.26. The highest BCUT2D eigenvalue weighted by atomic mass is 35.5. The third-order valence-corrected chi connectivity index (χ3v) is 2.60. The molecule has 0 bridgehead atoms. The summed E-state index contributed by atoms with van der Waals surface area (Å²) in [6, 6.07) is 11.2. The van der Waals surface area contributed by atoms with Crippen molar-refractivity contribution in [2.24, 2.45) is 0 Å². The molecule has 0 saturated carbocycles. The van der Waals surface area contributed by atoms with Gasteiger partial charge in [0.2, 0.25) is 0 Å². The Bertz CT molecular complexity index is 526. The van der Waals surface area contributed by atoms with Crippen molar-refractivity contribution in [1.82, 2.24) is 0 Å². The van der Waals surface area contributed by atoms with E-state index in [1.807, 2.05) is 0 Å². The smallest absolute Gasteiger partial charge is 0.123 e. The summed E-state index contributed by atoms with van der Waals surface area (Å²) < 4.78 is 5.47. The van der Waals surface area contributed by atoms with Gasteiger partial charge in [-0.2, -0.15) is 0 Å². The minimum atomic E-state index is 0.121. The van der Waals surface area contributed by atoms with Gasteiger partial charge in [0.05, 0.1) is 5.02 Å². The minimum absolute atomic E-state index is 0.121. The van der Waals surface area contributed by atoms with E-state index in [1.165, 1.54) is 12.1 Å². The van der Waals surface area contributed by atoms with E-state index in [2.05, 4.69) is 0 Å². The van der Waals surface area contributed by atoms with Gasteiger partial charge in [0.1, 0.15) is 23.9 Å². The highest BCUT2D eigenvalue weighted by Gasteiger charge is 2.03. The van der Waals surface area contributed by atoms with Gasteiger partial charge in [0.25, 0.3) is 0 Å². The van der Waals surface area contributed by atoms with Gasteiger partial charge in [0.15, 0.2) is 0 Å². The Morgan fingerprint density at radius 2 is 1.76 bits per heavy atom. The molecule has 0 atom stereocenters. The molecule has 0 unspecified atom stereocenters. The molecular weight excluding hydrogens is 240 g/mol. The summed E-state index contributed by atoms with van der Waals surface area (Å²) in [5, 5.41) is 18.9. The minimum Gasteiger partial charge on any atom is -0.508 e. The molecular formula is C13H11ClO3. The van der Waals surface area contributed by atoms with E-state index in [0.717, 1.165) is 5.56 Å². The van der Waals surface area contributed by atoms with E-state index in [9.17, 15) is 10.2 Å². The van der Waals surface area contributed by atoms with E-state index in [-0.39, 0.29) is 18.1 Å². The fraction of sp³-hybridized carbons (Fsp3) is 0.0769. The zero-order valence-electron chi connectivity index (χ0n) is 8.93. The van der Waals surface area contributed by atoms with Gasteiger partial charge in [-0.3, -0.25) is 0 Å². The Labute approximate surface area is 104 Å². The van der Waals surface area contributed by atoms with Gasteiger partial charge in [-0.1, -0.05) is 23.7 Å². The molecule has 4 heteroatoms. The second-order valence-electron chi connectivity index (χ2n) is 3.56. The van der Waals surface area contributed by atoms with Crippen LogP contribution in [0.2, 0.25) is 5.02 Å². The number of phenols is 2. The maximum absolute atomic E-state index is 9.26. The molecule has 0 spiro atoms. The number of hydrogen-bond acceptors (Lipinski definition) is 3. The van der Waals surface area contributed by atoms with Crippen LogP contribution in [0.5, 0.6) is 17.2 Å². The van der Waals surface area contributed by atoms with Gasteiger partial charge < -0.3 is 14.9 Å². The molecule has 2 aromatic rings. The summed E-state index contributed by atoms with van der Waals surface area (Å²) in [6.07, 6.45) is 0. The van der Waals surface area contributed by atoms with Gasteiger partial charge in [0, 0.05) is 11.6 Å². The van der Waals surface area contributed by atoms with Crippen molar-refractivity contribution in [3.8, 4) is 17.2 Å². The van der Waals surface area contributed by atoms with Crippen molar-refractivity contribution in [2.75, 3.05) is 0 Å². The molecule has 3 nitrogen and oxygen atoms in total. The normalized spacial score (nSPS) is 10.2. The average Bonchev–Trinajstić information content (AvgIpc) is 2.28. The molecule has 0 fully saturated rings. The fourth-order valence-electron chi connectivity index (χ4n) is 1.39. The van der Waals surface area contributed by atoms with Gasteiger partial charge in [-0.15, -0.1) is 0 Å². The van der Waals surface area contributed by atoms with E-state index in [0.29, 0.717) is 10.8 Å². The lowest BCUT2D eigenvalue weighted by Gasteiger charge is -2.08. The molecule has 0 heterocycles. The number of rotatable bonds is 3. The van der Waals surface area contributed by atoms with E-state index >= 15 is 0 Å². The zero-order valence-corrected chi connectivity index (χ0v) is 9.69. The summed E-state index contributed by atoms with van der Waals surface area (Å²) in [5.41, 5.74) is 0.771. The van der Waals surface area contributed by atoms with Crippen molar-refractivity contribution in [3.05, 3.63) is 53.1 Å². The Kier molecular flexibility index (Phi) is 3.40. The monoisotopic (exact) mass is 250 g/mol. The van der Waals surface area contributed by atoms with Crippen LogP contribution in [0.25, 0.3) is 0 Å². The SMILES string of the molecule is Oc1cccc(OCc2ccc(O)cc2Cl)c1. The summed E-state index contributed by atoms with van der Waals surface area (Å²) in [4.78, 5) is 0. The highest BCUT2D eigenvalue weighted by Crippen LogP contribution is 2.24. The molecule has 88 valence electrons. The second kappa shape index (κ2) is 4.97. The number of benzene rings is 2. The van der Waals surface area contributed by atoms with Crippen LogP contribution in [0.4, 0.5) is 0 Å². The zero-order chi connectivity index (χ0) is 12.3. The fourth-order valence-corrected chi connectivity index (χ4v) is 1.62. The topological polar surface area (TPSA) is 49.7 Å². The second-order valence-corrected chi connectivity index (χ2v) is 3.97. The molecule has 17 heavy (non-hydrogen) atoms. The number of ether oxygens (including phenoxy) is 1. The molecule has 2 N–H and O–H groups in total. The molecule has 0 saturated heterocycles. The van der Waals surface area contributed by atoms with Crippen LogP contribution < -0.4 is 4.74 Å². The Morgan fingerprint density at radius 3 is 2.47 bits per heavy atom. The van der Waals surface area contributed by atoms with Crippen LogP contribution >= 0.6 is 11.6 Å². The van der Waals surface area contributed by atoms with Crippen LogP contribution in [0, 0.1) is 0 Å². The summed E-state index contributed by atoms with van der Waals surface area (Å²) in [6.45, 7) is 0.280. The van der Waals surface area contributed by atoms with Crippen molar-refractivity contribution in [2.45, 2.75) is 6.61 Å². The molecule has 2 rings (SSSR count). The van der Waals surface area contributed by atoms with Gasteiger partial charge in [-0.25, -0.2) is 0 Å². The third kappa shape index (κ3) is 3.04. The lowest BCUT2D eigenvalue weighted by atomic mass is 10.2. The van der Waals surface area contributed by atoms with Crippen LogP contribution in [0.15, 0.2) is 42.5 Å². The maximum Gasteiger partial charge on any atom is 0.123 e. The Balaban J connectivity index is 2.07. The first-order chi connectivity index (χ1) is 8.15. The molecule has 2 aromatic carbocycles. The molecule has 0 amide bonds. The predicted molar refractivity (Wildman–Crippen MR) is 65.6 cm³/mol. The third-order valence-electron chi connectivity index (χ3n) is 2.25. The van der Waals surface area contributed by atoms with Crippen LogP contribution in [-0.2, 0) is 6.61 Å². The molecule has 0 aromatic heterocycles. The first kappa shape index (κ1) is 11.6. The van der Waals surface area contributed by atoms with Crippen molar-refractivity contribution in [1.29, 1.82) is 0 Å². The quantitative estimate of drug-likeness (QED) is 0.879. The largest absolute Gasteiger partial charge is 0.508 e. The van der Waals surface area contributed by atoms with E-state index in [4.69, 9.17) is 16.3 Å². The Morgan fingerprint density at radius 1 is 1.00 bits per heavy atom. The van der Waals surface area contributed by atoms with Crippen LogP contribution in [0.3, 0.4) is 0 Å². The number of hydrogen-bond donors (Lipinski definition) is 2. The summed E-state index contributed by atoms with van der Waals surface area (Å²) in [7, 11) is 0. The first-order valence-electron chi connectivity index (χ1n) is 5.04. The van der Waals surface area contributed by atoms with E-state index in [1.54, 1.807) is 30.3 Å². The number of aromatic hydroxyl groups is 2. The van der Waals surface area contributed by atoms with E-state index < -0.39 is 0 Å². The predicted octanol–water partition coefficient (Wildman–Crippen LogP) is 3.33. The van der Waals surface area contributed by atoms with Crippen LogP contribution in [-0.4, -0.2) is 10.2 Å². The molecule has 0 aliphatic rings. The van der Waals surface area contributed by atoms with Crippen molar-refractivity contribution < 1.29 is 14.9 Å². The first-order valence-corrected chi connectivity index (χ1v) is 5.42. The van der Waals surface area contributed by atoms with Crippen molar-refractivity contribution in [3.63, 3.8) is 0 Å². The molecule has 0 radical (unpaired) electrons. The molecule has 0 aliphatic heterocycles. The Hall–Kier alpha value is -1.87. The van der Waals surface area contributed by atoms with Crippen LogP contribution in [0.1, 0.15) is 5.56 Å². The van der Waals surface area contributed by atoms with Gasteiger partial charge >= 0.3 is 0 Å². The number of phenolic OH excluding ortho intramolecular Hbond substituents is 2.